The van der Waals surface area contributed by atoms with Gasteiger partial charge in [-0.1, -0.05) is 12.1 Å². The monoisotopic (exact) mass is 396 g/mol. The van der Waals surface area contributed by atoms with Crippen molar-refractivity contribution in [1.82, 2.24) is 19.4 Å². The van der Waals surface area contributed by atoms with Gasteiger partial charge in [0.15, 0.2) is 0 Å². The van der Waals surface area contributed by atoms with Crippen LogP contribution in [0, 0.1) is 5.82 Å². The van der Waals surface area contributed by atoms with Crippen LogP contribution in [0.1, 0.15) is 10.4 Å². The summed E-state index contributed by atoms with van der Waals surface area (Å²) >= 11 is 0. The van der Waals surface area contributed by atoms with Gasteiger partial charge in [0, 0.05) is 44.8 Å². The Morgan fingerprint density at radius 2 is 1.62 bits per heavy atom. The molecule has 1 aliphatic heterocycles. The average Bonchev–Trinajstić information content (AvgIpc) is 2.74. The summed E-state index contributed by atoms with van der Waals surface area (Å²) in [6, 6.07) is 12.5. The number of hydrogen-bond donors (Lipinski definition) is 1. The Morgan fingerprint density at radius 3 is 2.34 bits per heavy atom. The molecule has 2 heterocycles. The third kappa shape index (κ3) is 3.97. The number of para-hydroxylation sites is 1. The standard InChI is InChI=1S/C21H21FN4O3/c22-16-7-5-15(6-8-16)19(27)25-12-9-24(10-13-25)11-14-26-20(28)17-3-1-2-4-18(17)23-21(26)29/h1-8H,9-14H2,(H,23,29). The summed E-state index contributed by atoms with van der Waals surface area (Å²) in [7, 11) is 0. The largest absolute Gasteiger partial charge is 0.336 e. The number of rotatable bonds is 4. The van der Waals surface area contributed by atoms with Crippen LogP contribution < -0.4 is 11.2 Å². The molecule has 2 aromatic carbocycles. The number of hydrogen-bond acceptors (Lipinski definition) is 4. The Labute approximate surface area is 166 Å². The number of H-pyrrole nitrogens is 1. The smallest absolute Gasteiger partial charge is 0.328 e. The molecule has 1 aliphatic rings. The van der Waals surface area contributed by atoms with Crippen molar-refractivity contribution >= 4 is 16.8 Å². The van der Waals surface area contributed by atoms with Crippen LogP contribution in [0.5, 0.6) is 0 Å². The quantitative estimate of drug-likeness (QED) is 0.721. The minimum absolute atomic E-state index is 0.119. The van der Waals surface area contributed by atoms with E-state index in [1.165, 1.54) is 28.8 Å². The molecule has 150 valence electrons. The number of benzene rings is 2. The molecule has 0 bridgehead atoms. The molecule has 0 saturated carbocycles. The zero-order valence-electron chi connectivity index (χ0n) is 15.8. The maximum atomic E-state index is 13.0. The van der Waals surface area contributed by atoms with Crippen LogP contribution in [0.25, 0.3) is 10.9 Å². The average molecular weight is 396 g/mol. The van der Waals surface area contributed by atoms with E-state index in [1.807, 2.05) is 0 Å². The number of nitrogens with zero attached hydrogens (tertiary/aromatic N) is 3. The predicted octanol–water partition coefficient (Wildman–Crippen LogP) is 1.29. The summed E-state index contributed by atoms with van der Waals surface area (Å²) in [5, 5.41) is 0.488. The van der Waals surface area contributed by atoms with Gasteiger partial charge in [0.1, 0.15) is 5.82 Å². The van der Waals surface area contributed by atoms with Gasteiger partial charge in [0.05, 0.1) is 10.9 Å². The van der Waals surface area contributed by atoms with Crippen LogP contribution in [0.2, 0.25) is 0 Å². The van der Waals surface area contributed by atoms with Crippen molar-refractivity contribution in [3.05, 3.63) is 80.7 Å². The summed E-state index contributed by atoms with van der Waals surface area (Å²) in [5.74, 6) is -0.489. The number of aromatic amines is 1. The first kappa shape index (κ1) is 19.1. The maximum absolute atomic E-state index is 13.0. The van der Waals surface area contributed by atoms with Crippen molar-refractivity contribution in [2.45, 2.75) is 6.54 Å². The van der Waals surface area contributed by atoms with Gasteiger partial charge in [0.2, 0.25) is 0 Å². The Hall–Kier alpha value is -3.26. The summed E-state index contributed by atoms with van der Waals surface area (Å²) in [4.78, 5) is 43.9. The van der Waals surface area contributed by atoms with Crippen LogP contribution in [0.3, 0.4) is 0 Å². The van der Waals surface area contributed by atoms with Crippen molar-refractivity contribution in [3.63, 3.8) is 0 Å². The topological polar surface area (TPSA) is 78.4 Å². The van der Waals surface area contributed by atoms with E-state index < -0.39 is 5.69 Å². The lowest BCUT2D eigenvalue weighted by atomic mass is 10.2. The van der Waals surface area contributed by atoms with Gasteiger partial charge < -0.3 is 9.88 Å². The van der Waals surface area contributed by atoms with Gasteiger partial charge in [-0.25, -0.2) is 9.18 Å². The SMILES string of the molecule is O=C(c1ccc(F)cc1)N1CCN(CCn2c(=O)[nH]c3ccccc3c2=O)CC1. The molecule has 0 spiro atoms. The molecule has 0 aliphatic carbocycles. The lowest BCUT2D eigenvalue weighted by molar-refractivity contribution is 0.0632. The zero-order valence-corrected chi connectivity index (χ0v) is 15.8. The van der Waals surface area contributed by atoms with E-state index >= 15 is 0 Å². The van der Waals surface area contributed by atoms with Crippen molar-refractivity contribution < 1.29 is 9.18 Å². The highest BCUT2D eigenvalue weighted by Gasteiger charge is 2.22. The number of piperazine rings is 1. The predicted molar refractivity (Wildman–Crippen MR) is 108 cm³/mol. The molecule has 1 aromatic heterocycles. The molecule has 7 nitrogen and oxygen atoms in total. The van der Waals surface area contributed by atoms with Gasteiger partial charge in [-0.15, -0.1) is 0 Å². The lowest BCUT2D eigenvalue weighted by Crippen LogP contribution is -2.50. The summed E-state index contributed by atoms with van der Waals surface area (Å²) in [6.45, 7) is 3.20. The number of carbonyl (C=O) groups excluding carboxylic acids is 1. The van der Waals surface area contributed by atoms with Crippen molar-refractivity contribution in [1.29, 1.82) is 0 Å². The molecule has 1 fully saturated rings. The maximum Gasteiger partial charge on any atom is 0.328 e. The normalized spacial score (nSPS) is 15.0. The molecule has 1 saturated heterocycles. The second kappa shape index (κ2) is 8.00. The second-order valence-electron chi connectivity index (χ2n) is 7.07. The Balaban J connectivity index is 1.38. The van der Waals surface area contributed by atoms with Gasteiger partial charge in [-0.3, -0.25) is 19.1 Å². The first-order chi connectivity index (χ1) is 14.0. The minimum atomic E-state index is -0.418. The fraction of sp³-hybridized carbons (Fsp3) is 0.286. The summed E-state index contributed by atoms with van der Waals surface area (Å²) < 4.78 is 14.3. The highest BCUT2D eigenvalue weighted by Crippen LogP contribution is 2.10. The molecule has 0 unspecified atom stereocenters. The number of aromatic nitrogens is 2. The molecule has 1 N–H and O–H groups in total. The molecule has 0 atom stereocenters. The van der Waals surface area contributed by atoms with E-state index in [0.29, 0.717) is 49.2 Å². The van der Waals surface area contributed by atoms with Crippen molar-refractivity contribution in [2.75, 3.05) is 32.7 Å². The van der Waals surface area contributed by atoms with Crippen molar-refractivity contribution in [3.8, 4) is 0 Å². The number of carbonyl (C=O) groups is 1. The van der Waals surface area contributed by atoms with Crippen molar-refractivity contribution in [2.24, 2.45) is 0 Å². The lowest BCUT2D eigenvalue weighted by Gasteiger charge is -2.34. The third-order valence-electron chi connectivity index (χ3n) is 5.28. The van der Waals surface area contributed by atoms with Crippen LogP contribution in [0.4, 0.5) is 4.39 Å². The summed E-state index contributed by atoms with van der Waals surface area (Å²) in [6.07, 6.45) is 0. The van der Waals surface area contributed by atoms with E-state index in [-0.39, 0.29) is 23.8 Å². The van der Waals surface area contributed by atoms with Gasteiger partial charge in [0.25, 0.3) is 11.5 Å². The molecular weight excluding hydrogens is 375 g/mol. The number of amides is 1. The van der Waals surface area contributed by atoms with Crippen LogP contribution in [0.15, 0.2) is 58.1 Å². The Morgan fingerprint density at radius 1 is 0.931 bits per heavy atom. The van der Waals surface area contributed by atoms with E-state index in [4.69, 9.17) is 0 Å². The van der Waals surface area contributed by atoms with Gasteiger partial charge >= 0.3 is 5.69 Å². The first-order valence-corrected chi connectivity index (χ1v) is 9.52. The van der Waals surface area contributed by atoms with E-state index in [1.54, 1.807) is 29.2 Å². The fourth-order valence-corrected chi connectivity index (χ4v) is 3.59. The Bertz CT molecular complexity index is 1150. The molecule has 29 heavy (non-hydrogen) atoms. The van der Waals surface area contributed by atoms with Gasteiger partial charge in [-0.2, -0.15) is 0 Å². The molecule has 4 rings (SSSR count). The van der Waals surface area contributed by atoms with E-state index in [2.05, 4.69) is 9.88 Å². The highest BCUT2D eigenvalue weighted by atomic mass is 19.1. The second-order valence-corrected chi connectivity index (χ2v) is 7.07. The number of nitrogens with one attached hydrogen (secondary N) is 1. The van der Waals surface area contributed by atoms with E-state index in [0.717, 1.165) is 0 Å². The Kier molecular flexibility index (Phi) is 5.26. The molecule has 3 aromatic rings. The van der Waals surface area contributed by atoms with Gasteiger partial charge in [-0.05, 0) is 36.4 Å². The van der Waals surface area contributed by atoms with Crippen LogP contribution in [-0.2, 0) is 6.54 Å². The highest BCUT2D eigenvalue weighted by molar-refractivity contribution is 5.94. The number of fused-ring (bicyclic) bond motifs is 1. The molecule has 0 radical (unpaired) electrons. The van der Waals surface area contributed by atoms with Crippen LogP contribution >= 0.6 is 0 Å². The molecule has 8 heteroatoms. The zero-order chi connectivity index (χ0) is 20.4. The minimum Gasteiger partial charge on any atom is -0.336 e. The summed E-state index contributed by atoms with van der Waals surface area (Å²) in [5.41, 5.74) is 0.286. The molecular formula is C21H21FN4O3. The number of halogens is 1. The first-order valence-electron chi connectivity index (χ1n) is 9.52. The third-order valence-corrected chi connectivity index (χ3v) is 5.28. The molecule has 1 amide bonds. The van der Waals surface area contributed by atoms with E-state index in [9.17, 15) is 18.8 Å². The fourth-order valence-electron chi connectivity index (χ4n) is 3.59. The van der Waals surface area contributed by atoms with Crippen LogP contribution in [-0.4, -0.2) is 58.0 Å².